The minimum Gasteiger partial charge on any atom is -0.460 e. The highest BCUT2D eigenvalue weighted by molar-refractivity contribution is 5.80. The van der Waals surface area contributed by atoms with Crippen LogP contribution in [-0.2, 0) is 4.79 Å². The molecule has 19 heavy (non-hydrogen) atoms. The number of hydrogen-bond donors (Lipinski definition) is 2. The van der Waals surface area contributed by atoms with E-state index in [0.29, 0.717) is 18.6 Å². The zero-order valence-corrected chi connectivity index (χ0v) is 11.2. The van der Waals surface area contributed by atoms with E-state index in [1.807, 2.05) is 13.0 Å². The zero-order chi connectivity index (χ0) is 13.7. The Labute approximate surface area is 112 Å². The largest absolute Gasteiger partial charge is 0.460 e. The van der Waals surface area contributed by atoms with E-state index in [1.54, 1.807) is 6.07 Å². The van der Waals surface area contributed by atoms with Crippen molar-refractivity contribution in [2.75, 3.05) is 0 Å². The molecule has 5 heteroatoms. The van der Waals surface area contributed by atoms with Gasteiger partial charge >= 0.3 is 0 Å². The lowest BCUT2D eigenvalue weighted by atomic mass is 9.96. The van der Waals surface area contributed by atoms with Gasteiger partial charge in [0.2, 0.25) is 5.91 Å². The number of carbonyl (C=O) groups excluding carboxylic acids is 1. The molecule has 2 N–H and O–H groups in total. The van der Waals surface area contributed by atoms with E-state index in [0.717, 1.165) is 31.4 Å². The fourth-order valence-electron chi connectivity index (χ4n) is 2.38. The lowest BCUT2D eigenvalue weighted by Gasteiger charge is -2.20. The molecule has 1 amide bonds. The van der Waals surface area contributed by atoms with Crippen LogP contribution >= 0.6 is 0 Å². The molecule has 1 fully saturated rings. The van der Waals surface area contributed by atoms with E-state index >= 15 is 0 Å². The summed E-state index contributed by atoms with van der Waals surface area (Å²) < 4.78 is 5.28. The number of hydrazone groups is 1. The van der Waals surface area contributed by atoms with Gasteiger partial charge in [0, 0.05) is 6.42 Å². The van der Waals surface area contributed by atoms with Gasteiger partial charge in [-0.05, 0) is 38.3 Å². The van der Waals surface area contributed by atoms with Gasteiger partial charge in [0.1, 0.15) is 11.5 Å². The van der Waals surface area contributed by atoms with E-state index in [1.165, 1.54) is 6.21 Å². The summed E-state index contributed by atoms with van der Waals surface area (Å²) in [6.07, 6.45) is 5.97. The van der Waals surface area contributed by atoms with Crippen LogP contribution < -0.4 is 5.43 Å². The van der Waals surface area contributed by atoms with Crippen LogP contribution in [0.15, 0.2) is 21.7 Å². The monoisotopic (exact) mass is 264 g/mol. The Kier molecular flexibility index (Phi) is 4.37. The SMILES string of the molecule is Cc1ccc(/C=N/NC(=O)CCC2(O)CCCC2)o1. The number of hydrogen-bond acceptors (Lipinski definition) is 4. The molecule has 0 aromatic carbocycles. The van der Waals surface area contributed by atoms with Crippen molar-refractivity contribution in [3.63, 3.8) is 0 Å². The van der Waals surface area contributed by atoms with Crippen LogP contribution in [0, 0.1) is 6.92 Å². The molecule has 0 unspecified atom stereocenters. The lowest BCUT2D eigenvalue weighted by Crippen LogP contribution is -2.27. The second-order valence-electron chi connectivity index (χ2n) is 5.17. The number of nitrogens with zero attached hydrogens (tertiary/aromatic N) is 1. The Morgan fingerprint density at radius 2 is 2.26 bits per heavy atom. The second-order valence-corrected chi connectivity index (χ2v) is 5.17. The molecule has 0 saturated heterocycles. The summed E-state index contributed by atoms with van der Waals surface area (Å²) in [6.45, 7) is 1.85. The number of aliphatic hydroxyl groups is 1. The summed E-state index contributed by atoms with van der Waals surface area (Å²) in [5.41, 5.74) is 1.80. The first-order valence-electron chi connectivity index (χ1n) is 6.68. The van der Waals surface area contributed by atoms with E-state index in [4.69, 9.17) is 4.42 Å². The highest BCUT2D eigenvalue weighted by Crippen LogP contribution is 2.33. The van der Waals surface area contributed by atoms with Gasteiger partial charge in [0.15, 0.2) is 0 Å². The lowest BCUT2D eigenvalue weighted by molar-refractivity contribution is -0.122. The molecule has 1 aliphatic rings. The Morgan fingerprint density at radius 1 is 1.53 bits per heavy atom. The first-order valence-corrected chi connectivity index (χ1v) is 6.68. The molecule has 1 aromatic rings. The molecule has 1 aromatic heterocycles. The highest BCUT2D eigenvalue weighted by atomic mass is 16.3. The van der Waals surface area contributed by atoms with Gasteiger partial charge < -0.3 is 9.52 Å². The summed E-state index contributed by atoms with van der Waals surface area (Å²) in [6, 6.07) is 3.62. The van der Waals surface area contributed by atoms with E-state index in [2.05, 4.69) is 10.5 Å². The summed E-state index contributed by atoms with van der Waals surface area (Å²) in [5.74, 6) is 1.23. The van der Waals surface area contributed by atoms with E-state index < -0.39 is 5.60 Å². The van der Waals surface area contributed by atoms with Crippen molar-refractivity contribution >= 4 is 12.1 Å². The maximum Gasteiger partial charge on any atom is 0.240 e. The van der Waals surface area contributed by atoms with Crippen molar-refractivity contribution in [2.45, 2.75) is 51.0 Å². The van der Waals surface area contributed by atoms with Gasteiger partial charge in [-0.3, -0.25) is 4.79 Å². The van der Waals surface area contributed by atoms with Crippen LogP contribution in [0.3, 0.4) is 0 Å². The highest BCUT2D eigenvalue weighted by Gasteiger charge is 2.31. The van der Waals surface area contributed by atoms with Crippen LogP contribution in [0.5, 0.6) is 0 Å². The van der Waals surface area contributed by atoms with Gasteiger partial charge in [-0.15, -0.1) is 0 Å². The summed E-state index contributed by atoms with van der Waals surface area (Å²) >= 11 is 0. The third kappa shape index (κ3) is 4.21. The quantitative estimate of drug-likeness (QED) is 0.632. The fraction of sp³-hybridized carbons (Fsp3) is 0.571. The number of amides is 1. The van der Waals surface area contributed by atoms with E-state index in [-0.39, 0.29) is 5.91 Å². The zero-order valence-electron chi connectivity index (χ0n) is 11.2. The Balaban J connectivity index is 1.71. The average molecular weight is 264 g/mol. The first kappa shape index (κ1) is 13.8. The van der Waals surface area contributed by atoms with Gasteiger partial charge in [0.25, 0.3) is 0 Å². The van der Waals surface area contributed by atoms with Crippen LogP contribution in [0.2, 0.25) is 0 Å². The predicted molar refractivity (Wildman–Crippen MR) is 71.8 cm³/mol. The van der Waals surface area contributed by atoms with Crippen molar-refractivity contribution in [3.05, 3.63) is 23.7 Å². The molecule has 0 bridgehead atoms. The van der Waals surface area contributed by atoms with Crippen molar-refractivity contribution in [1.29, 1.82) is 0 Å². The molecule has 0 spiro atoms. The molecule has 0 radical (unpaired) electrons. The number of aryl methyl sites for hydroxylation is 1. The fourth-order valence-corrected chi connectivity index (χ4v) is 2.38. The average Bonchev–Trinajstić information content (AvgIpc) is 2.97. The molecule has 1 aliphatic carbocycles. The van der Waals surface area contributed by atoms with Crippen molar-refractivity contribution in [1.82, 2.24) is 5.43 Å². The Morgan fingerprint density at radius 3 is 2.89 bits per heavy atom. The molecule has 104 valence electrons. The standard InChI is InChI=1S/C14H20N2O3/c1-11-4-5-12(19-11)10-15-16-13(17)6-9-14(18)7-2-3-8-14/h4-5,10,18H,2-3,6-9H2,1H3,(H,16,17)/b15-10+. The minimum atomic E-state index is -0.640. The number of rotatable bonds is 5. The molecular weight excluding hydrogens is 244 g/mol. The van der Waals surface area contributed by atoms with E-state index in [9.17, 15) is 9.90 Å². The summed E-state index contributed by atoms with van der Waals surface area (Å²) in [7, 11) is 0. The molecule has 2 rings (SSSR count). The molecule has 1 saturated carbocycles. The van der Waals surface area contributed by atoms with Gasteiger partial charge in [-0.25, -0.2) is 5.43 Å². The first-order chi connectivity index (χ1) is 9.07. The van der Waals surface area contributed by atoms with Crippen LogP contribution in [-0.4, -0.2) is 22.8 Å². The number of nitrogens with one attached hydrogen (secondary N) is 1. The molecule has 5 nitrogen and oxygen atoms in total. The van der Waals surface area contributed by atoms with Crippen molar-refractivity contribution in [3.8, 4) is 0 Å². The van der Waals surface area contributed by atoms with Crippen LogP contribution in [0.4, 0.5) is 0 Å². The summed E-state index contributed by atoms with van der Waals surface area (Å²) in [5, 5.41) is 13.9. The molecule has 0 aliphatic heterocycles. The van der Waals surface area contributed by atoms with Crippen LogP contribution in [0.1, 0.15) is 50.0 Å². The third-order valence-corrected chi connectivity index (χ3v) is 3.49. The minimum absolute atomic E-state index is 0.181. The predicted octanol–water partition coefficient (Wildman–Crippen LogP) is 2.12. The Bertz CT molecular complexity index is 459. The summed E-state index contributed by atoms with van der Waals surface area (Å²) in [4.78, 5) is 11.6. The smallest absolute Gasteiger partial charge is 0.240 e. The van der Waals surface area contributed by atoms with Gasteiger partial charge in [-0.1, -0.05) is 12.8 Å². The number of carbonyl (C=O) groups is 1. The van der Waals surface area contributed by atoms with Gasteiger partial charge in [0.05, 0.1) is 11.8 Å². The molecular formula is C14H20N2O3. The normalized spacial score (nSPS) is 18.0. The number of furan rings is 1. The van der Waals surface area contributed by atoms with Gasteiger partial charge in [-0.2, -0.15) is 5.10 Å². The van der Waals surface area contributed by atoms with Crippen molar-refractivity contribution in [2.24, 2.45) is 5.10 Å². The topological polar surface area (TPSA) is 74.8 Å². The third-order valence-electron chi connectivity index (χ3n) is 3.49. The maximum atomic E-state index is 11.6. The van der Waals surface area contributed by atoms with Crippen molar-refractivity contribution < 1.29 is 14.3 Å². The maximum absolute atomic E-state index is 11.6. The Hall–Kier alpha value is -1.62. The second kappa shape index (κ2) is 6.02. The molecule has 1 heterocycles. The molecule has 0 atom stereocenters. The van der Waals surface area contributed by atoms with Crippen LogP contribution in [0.25, 0.3) is 0 Å².